The molecular weight excluding hydrogens is 228 g/mol. The molecule has 0 spiro atoms. The van der Waals surface area contributed by atoms with Crippen LogP contribution in [-0.4, -0.2) is 11.2 Å². The average Bonchev–Trinajstić information content (AvgIpc) is 2.08. The van der Waals surface area contributed by atoms with Crippen LogP contribution < -0.4 is 0 Å². The summed E-state index contributed by atoms with van der Waals surface area (Å²) in [5, 5.41) is 9.58. The third kappa shape index (κ3) is 2.98. The van der Waals surface area contributed by atoms with Crippen molar-refractivity contribution in [2.24, 2.45) is 0 Å². The van der Waals surface area contributed by atoms with Gasteiger partial charge < -0.3 is 5.11 Å². The van der Waals surface area contributed by atoms with E-state index in [9.17, 15) is 5.11 Å². The Morgan fingerprint density at radius 1 is 1.54 bits per heavy atom. The van der Waals surface area contributed by atoms with E-state index in [-0.39, 0.29) is 0 Å². The van der Waals surface area contributed by atoms with Gasteiger partial charge in [0, 0.05) is 10.9 Å². The van der Waals surface area contributed by atoms with Crippen LogP contribution >= 0.6 is 15.9 Å². The minimum absolute atomic E-state index is 0.446. The second kappa shape index (κ2) is 4.58. The molecule has 1 rings (SSSR count). The van der Waals surface area contributed by atoms with Gasteiger partial charge in [-0.15, -0.1) is 0 Å². The molecule has 1 aromatic rings. The first-order valence-electron chi connectivity index (χ1n) is 4.18. The molecule has 13 heavy (non-hydrogen) atoms. The van der Waals surface area contributed by atoms with Crippen molar-refractivity contribution >= 4 is 15.9 Å². The highest BCUT2D eigenvalue weighted by Gasteiger charge is 2.07. The Morgan fingerprint density at radius 2 is 2.15 bits per heavy atom. The molecule has 1 aromatic carbocycles. The van der Waals surface area contributed by atoms with Crippen LogP contribution in [0.4, 0.5) is 0 Å². The third-order valence-corrected chi connectivity index (χ3v) is 2.71. The molecule has 0 aliphatic heterocycles. The van der Waals surface area contributed by atoms with Gasteiger partial charge in [-0.25, -0.2) is 0 Å². The first-order valence-corrected chi connectivity index (χ1v) is 4.97. The lowest BCUT2D eigenvalue weighted by molar-refractivity contribution is 0.211. The Kier molecular flexibility index (Phi) is 3.70. The van der Waals surface area contributed by atoms with Gasteiger partial charge >= 0.3 is 0 Å². The highest BCUT2D eigenvalue weighted by molar-refractivity contribution is 9.10. The minimum atomic E-state index is -0.446. The van der Waals surface area contributed by atoms with Crippen molar-refractivity contribution in [2.75, 3.05) is 0 Å². The quantitative estimate of drug-likeness (QED) is 0.806. The molecule has 0 radical (unpaired) electrons. The zero-order valence-corrected chi connectivity index (χ0v) is 9.21. The molecule has 0 amide bonds. The van der Waals surface area contributed by atoms with Gasteiger partial charge in [0.05, 0.1) is 6.10 Å². The Labute approximate surface area is 87.2 Å². The van der Waals surface area contributed by atoms with Crippen molar-refractivity contribution in [1.82, 2.24) is 0 Å². The molecule has 0 saturated heterocycles. The van der Waals surface area contributed by atoms with Crippen molar-refractivity contribution in [2.45, 2.75) is 19.4 Å². The summed E-state index contributed by atoms with van der Waals surface area (Å²) in [4.78, 5) is 0. The summed E-state index contributed by atoms with van der Waals surface area (Å²) in [6.45, 7) is 5.55. The molecule has 0 fully saturated rings. The van der Waals surface area contributed by atoms with Crippen LogP contribution in [-0.2, 0) is 6.42 Å². The number of aliphatic hydroxyl groups is 1. The lowest BCUT2D eigenvalue weighted by atomic mass is 10.0. The molecule has 0 saturated carbocycles. The van der Waals surface area contributed by atoms with E-state index in [1.54, 1.807) is 0 Å². The Hall–Kier alpha value is -0.600. The van der Waals surface area contributed by atoms with Gasteiger partial charge in [-0.3, -0.25) is 0 Å². The molecule has 1 N–H and O–H groups in total. The van der Waals surface area contributed by atoms with E-state index in [1.165, 1.54) is 0 Å². The first-order chi connectivity index (χ1) is 6.11. The average molecular weight is 241 g/mol. The fraction of sp³-hybridized carbons (Fsp3) is 0.273. The van der Waals surface area contributed by atoms with Crippen molar-refractivity contribution in [1.29, 1.82) is 0 Å². The van der Waals surface area contributed by atoms with Crippen molar-refractivity contribution < 1.29 is 5.11 Å². The van der Waals surface area contributed by atoms with Crippen molar-refractivity contribution in [3.8, 4) is 0 Å². The van der Waals surface area contributed by atoms with Crippen molar-refractivity contribution in [3.05, 3.63) is 46.5 Å². The molecule has 0 heterocycles. The standard InChI is InChI=1S/C11H13BrO/c1-8(2)11(13)7-9-5-3-4-6-10(9)12/h3-6,11,13H,1,7H2,2H3. The van der Waals surface area contributed by atoms with Crippen LogP contribution in [0.25, 0.3) is 0 Å². The minimum Gasteiger partial charge on any atom is -0.388 e. The number of hydrogen-bond acceptors (Lipinski definition) is 1. The Morgan fingerprint density at radius 3 is 2.69 bits per heavy atom. The number of aliphatic hydroxyl groups excluding tert-OH is 1. The molecule has 0 aliphatic carbocycles. The maximum absolute atomic E-state index is 9.58. The lowest BCUT2D eigenvalue weighted by Gasteiger charge is -2.10. The molecule has 0 aromatic heterocycles. The van der Waals surface area contributed by atoms with E-state index in [1.807, 2.05) is 31.2 Å². The number of hydrogen-bond donors (Lipinski definition) is 1. The normalized spacial score (nSPS) is 12.5. The molecule has 1 nitrogen and oxygen atoms in total. The van der Waals surface area contributed by atoms with Crippen LogP contribution in [0.2, 0.25) is 0 Å². The Balaban J connectivity index is 2.74. The van der Waals surface area contributed by atoms with E-state index in [0.29, 0.717) is 6.42 Å². The summed E-state index contributed by atoms with van der Waals surface area (Å²) < 4.78 is 1.04. The van der Waals surface area contributed by atoms with Gasteiger partial charge in [-0.05, 0) is 18.6 Å². The zero-order valence-electron chi connectivity index (χ0n) is 7.63. The second-order valence-corrected chi connectivity index (χ2v) is 4.01. The molecular formula is C11H13BrO. The van der Waals surface area contributed by atoms with E-state index in [0.717, 1.165) is 15.6 Å². The van der Waals surface area contributed by atoms with Gasteiger partial charge in [0.25, 0.3) is 0 Å². The smallest absolute Gasteiger partial charge is 0.0785 e. The summed E-state index contributed by atoms with van der Waals surface area (Å²) in [6, 6.07) is 7.89. The largest absolute Gasteiger partial charge is 0.388 e. The Bertz CT molecular complexity index is 307. The van der Waals surface area contributed by atoms with Gasteiger partial charge in [-0.1, -0.05) is 46.3 Å². The summed E-state index contributed by atoms with van der Waals surface area (Å²) >= 11 is 3.43. The van der Waals surface area contributed by atoms with Crippen LogP contribution in [0.5, 0.6) is 0 Å². The fourth-order valence-electron chi connectivity index (χ4n) is 1.05. The molecule has 1 atom stereocenters. The van der Waals surface area contributed by atoms with Gasteiger partial charge in [0.2, 0.25) is 0 Å². The molecule has 2 heteroatoms. The van der Waals surface area contributed by atoms with Crippen LogP contribution in [0.15, 0.2) is 40.9 Å². The number of benzene rings is 1. The summed E-state index contributed by atoms with van der Waals surface area (Å²) in [6.07, 6.45) is 0.176. The number of halogens is 1. The van der Waals surface area contributed by atoms with Gasteiger partial charge in [0.15, 0.2) is 0 Å². The van der Waals surface area contributed by atoms with Crippen LogP contribution in [0.3, 0.4) is 0 Å². The van der Waals surface area contributed by atoms with Crippen LogP contribution in [0.1, 0.15) is 12.5 Å². The predicted octanol–water partition coefficient (Wildman–Crippen LogP) is 2.93. The second-order valence-electron chi connectivity index (χ2n) is 3.16. The molecule has 1 unspecified atom stereocenters. The monoisotopic (exact) mass is 240 g/mol. The zero-order chi connectivity index (χ0) is 9.84. The molecule has 0 aliphatic rings. The summed E-state index contributed by atoms with van der Waals surface area (Å²) in [5.74, 6) is 0. The fourth-order valence-corrected chi connectivity index (χ4v) is 1.49. The van der Waals surface area contributed by atoms with E-state index in [4.69, 9.17) is 0 Å². The topological polar surface area (TPSA) is 20.2 Å². The van der Waals surface area contributed by atoms with Crippen LogP contribution in [0, 0.1) is 0 Å². The van der Waals surface area contributed by atoms with Crippen molar-refractivity contribution in [3.63, 3.8) is 0 Å². The van der Waals surface area contributed by atoms with E-state index in [2.05, 4.69) is 22.5 Å². The predicted molar refractivity (Wildman–Crippen MR) is 58.7 cm³/mol. The summed E-state index contributed by atoms with van der Waals surface area (Å²) in [7, 11) is 0. The molecule has 70 valence electrons. The first kappa shape index (κ1) is 10.5. The van der Waals surface area contributed by atoms with Gasteiger partial charge in [-0.2, -0.15) is 0 Å². The maximum atomic E-state index is 9.58. The SMILES string of the molecule is C=C(C)C(O)Cc1ccccc1Br. The molecule has 0 bridgehead atoms. The van der Waals surface area contributed by atoms with Gasteiger partial charge in [0.1, 0.15) is 0 Å². The number of rotatable bonds is 3. The highest BCUT2D eigenvalue weighted by atomic mass is 79.9. The highest BCUT2D eigenvalue weighted by Crippen LogP contribution is 2.18. The third-order valence-electron chi connectivity index (χ3n) is 1.94. The summed E-state index contributed by atoms with van der Waals surface area (Å²) in [5.41, 5.74) is 1.91. The maximum Gasteiger partial charge on any atom is 0.0785 e. The van der Waals surface area contributed by atoms with E-state index < -0.39 is 6.10 Å². The van der Waals surface area contributed by atoms with E-state index >= 15 is 0 Å². The lowest BCUT2D eigenvalue weighted by Crippen LogP contribution is -2.11.